The summed E-state index contributed by atoms with van der Waals surface area (Å²) in [6.07, 6.45) is 0.747. The van der Waals surface area contributed by atoms with Gasteiger partial charge in [0.1, 0.15) is 6.54 Å². The number of aromatic nitrogens is 1. The van der Waals surface area contributed by atoms with E-state index in [4.69, 9.17) is 0 Å². The van der Waals surface area contributed by atoms with Crippen LogP contribution in [0.4, 0.5) is 5.13 Å². The normalized spacial score (nSPS) is 13.4. The lowest BCUT2D eigenvalue weighted by molar-refractivity contribution is -0.119. The summed E-state index contributed by atoms with van der Waals surface area (Å²) in [6, 6.07) is 14.4. The van der Waals surface area contributed by atoms with Crippen LogP contribution in [0.3, 0.4) is 0 Å². The molecule has 0 N–H and O–H groups in total. The molecule has 0 bridgehead atoms. The molecule has 2 heterocycles. The fourth-order valence-corrected chi connectivity index (χ4v) is 4.46. The van der Waals surface area contributed by atoms with Gasteiger partial charge in [-0.15, -0.1) is 0 Å². The highest BCUT2D eigenvalue weighted by Gasteiger charge is 2.37. The van der Waals surface area contributed by atoms with Crippen molar-refractivity contribution in [3.8, 4) is 0 Å². The van der Waals surface area contributed by atoms with Crippen molar-refractivity contribution in [1.29, 1.82) is 0 Å². The molecule has 1 aromatic heterocycles. The third-order valence-corrected chi connectivity index (χ3v) is 6.03. The smallest absolute Gasteiger partial charge is 0.262 e. The van der Waals surface area contributed by atoms with Crippen molar-refractivity contribution < 1.29 is 14.4 Å². The first-order valence-corrected chi connectivity index (χ1v) is 10.5. The van der Waals surface area contributed by atoms with Crippen LogP contribution in [0.25, 0.3) is 10.2 Å². The molecular weight excluding hydrogens is 400 g/mol. The zero-order chi connectivity index (χ0) is 21.3. The van der Waals surface area contributed by atoms with Gasteiger partial charge in [0.25, 0.3) is 11.8 Å². The molecule has 0 unspecified atom stereocenters. The summed E-state index contributed by atoms with van der Waals surface area (Å²) in [7, 11) is 3.95. The highest BCUT2D eigenvalue weighted by Crippen LogP contribution is 2.29. The molecule has 8 heteroatoms. The number of hydrogen-bond donors (Lipinski definition) is 0. The minimum absolute atomic E-state index is 0.301. The van der Waals surface area contributed by atoms with E-state index in [1.807, 2.05) is 43.3 Å². The highest BCUT2D eigenvalue weighted by molar-refractivity contribution is 7.22. The molecule has 0 atom stereocenters. The summed E-state index contributed by atoms with van der Waals surface area (Å²) >= 11 is 1.43. The van der Waals surface area contributed by atoms with Crippen LogP contribution in [0, 0.1) is 0 Å². The lowest BCUT2D eigenvalue weighted by atomic mass is 10.1. The summed E-state index contributed by atoms with van der Waals surface area (Å²) in [4.78, 5) is 47.8. The summed E-state index contributed by atoms with van der Waals surface area (Å²) < 4.78 is 0.985. The Morgan fingerprint density at radius 3 is 2.23 bits per heavy atom. The molecule has 3 amide bonds. The number of carbonyl (C=O) groups is 3. The molecule has 2 aromatic carbocycles. The fourth-order valence-electron chi connectivity index (χ4n) is 3.45. The van der Waals surface area contributed by atoms with Gasteiger partial charge in [-0.1, -0.05) is 35.6 Å². The zero-order valence-electron chi connectivity index (χ0n) is 16.9. The lowest BCUT2D eigenvalue weighted by Crippen LogP contribution is -2.43. The minimum atomic E-state index is -0.429. The van der Waals surface area contributed by atoms with Crippen LogP contribution in [0.5, 0.6) is 0 Å². The summed E-state index contributed by atoms with van der Waals surface area (Å²) in [6.45, 7) is 0.964. The molecule has 3 aromatic rings. The summed E-state index contributed by atoms with van der Waals surface area (Å²) in [5, 5.41) is 0.580. The molecule has 0 saturated carbocycles. The van der Waals surface area contributed by atoms with Crippen molar-refractivity contribution in [2.45, 2.75) is 6.42 Å². The van der Waals surface area contributed by atoms with Gasteiger partial charge >= 0.3 is 0 Å². The first-order chi connectivity index (χ1) is 14.5. The number of para-hydroxylation sites is 1. The van der Waals surface area contributed by atoms with Crippen molar-refractivity contribution in [1.82, 2.24) is 14.8 Å². The molecule has 1 aliphatic rings. The first-order valence-electron chi connectivity index (χ1n) is 9.71. The Hall–Kier alpha value is -3.10. The van der Waals surface area contributed by atoms with Gasteiger partial charge in [-0.25, -0.2) is 4.98 Å². The van der Waals surface area contributed by atoms with Crippen molar-refractivity contribution in [2.24, 2.45) is 0 Å². The number of hydrogen-bond acceptors (Lipinski definition) is 6. The Labute approximate surface area is 178 Å². The van der Waals surface area contributed by atoms with Crippen molar-refractivity contribution in [3.63, 3.8) is 0 Å². The number of imide groups is 1. The molecule has 154 valence electrons. The molecule has 0 radical (unpaired) electrons. The molecule has 0 spiro atoms. The van der Waals surface area contributed by atoms with E-state index in [9.17, 15) is 14.4 Å². The minimum Gasteiger partial charge on any atom is -0.309 e. The van der Waals surface area contributed by atoms with E-state index in [-0.39, 0.29) is 12.5 Å². The van der Waals surface area contributed by atoms with Gasteiger partial charge in [-0.05, 0) is 51.3 Å². The largest absolute Gasteiger partial charge is 0.309 e. The van der Waals surface area contributed by atoms with E-state index < -0.39 is 11.8 Å². The molecule has 0 fully saturated rings. The molecular formula is C22H22N4O3S. The predicted molar refractivity (Wildman–Crippen MR) is 117 cm³/mol. The number of carbonyl (C=O) groups excluding carboxylic acids is 3. The molecule has 4 rings (SSSR count). The van der Waals surface area contributed by atoms with Crippen LogP contribution >= 0.6 is 11.3 Å². The third-order valence-electron chi connectivity index (χ3n) is 4.97. The maximum Gasteiger partial charge on any atom is 0.262 e. The molecule has 30 heavy (non-hydrogen) atoms. The van der Waals surface area contributed by atoms with Gasteiger partial charge in [-0.2, -0.15) is 0 Å². The second kappa shape index (κ2) is 8.33. The van der Waals surface area contributed by atoms with Gasteiger partial charge in [0.15, 0.2) is 5.13 Å². The summed E-state index contributed by atoms with van der Waals surface area (Å²) in [5.41, 5.74) is 1.51. The number of fused-ring (bicyclic) bond motifs is 2. The van der Waals surface area contributed by atoms with E-state index in [1.54, 1.807) is 29.2 Å². The Balaban J connectivity index is 1.58. The van der Waals surface area contributed by atoms with Gasteiger partial charge in [0.05, 0.1) is 21.3 Å². The second-order valence-electron chi connectivity index (χ2n) is 7.41. The Bertz CT molecular complexity index is 1060. The SMILES string of the molecule is CN(C)CCCN(C(=O)CN1C(=O)c2ccccc2C1=O)c1nc2ccccc2s1. The van der Waals surface area contributed by atoms with Crippen LogP contribution in [0.2, 0.25) is 0 Å². The number of benzene rings is 2. The van der Waals surface area contributed by atoms with Gasteiger partial charge in [-0.3, -0.25) is 24.2 Å². The zero-order valence-corrected chi connectivity index (χ0v) is 17.7. The number of nitrogens with zero attached hydrogens (tertiary/aromatic N) is 4. The molecule has 1 aliphatic heterocycles. The number of amides is 3. The average molecular weight is 423 g/mol. The first kappa shape index (κ1) is 20.2. The number of anilines is 1. The number of rotatable bonds is 7. The number of thiazole rings is 1. The second-order valence-corrected chi connectivity index (χ2v) is 8.42. The maximum absolute atomic E-state index is 13.2. The van der Waals surface area contributed by atoms with Crippen LogP contribution in [0.15, 0.2) is 48.5 Å². The quantitative estimate of drug-likeness (QED) is 0.548. The third kappa shape index (κ3) is 3.83. The monoisotopic (exact) mass is 422 g/mol. The Kier molecular flexibility index (Phi) is 5.61. The van der Waals surface area contributed by atoms with Gasteiger partial charge in [0.2, 0.25) is 5.91 Å². The van der Waals surface area contributed by atoms with Crippen molar-refractivity contribution >= 4 is 44.4 Å². The molecule has 7 nitrogen and oxygen atoms in total. The fraction of sp³-hybridized carbons (Fsp3) is 0.273. The predicted octanol–water partition coefficient (Wildman–Crippen LogP) is 2.88. The lowest BCUT2D eigenvalue weighted by Gasteiger charge is -2.23. The molecule has 0 saturated heterocycles. The van der Waals surface area contributed by atoms with E-state index in [0.29, 0.717) is 22.8 Å². The summed E-state index contributed by atoms with van der Waals surface area (Å²) in [5.74, 6) is -1.18. The van der Waals surface area contributed by atoms with Crippen LogP contribution < -0.4 is 4.90 Å². The van der Waals surface area contributed by atoms with Crippen molar-refractivity contribution in [2.75, 3.05) is 38.6 Å². The van der Waals surface area contributed by atoms with E-state index >= 15 is 0 Å². The van der Waals surface area contributed by atoms with Crippen LogP contribution in [-0.2, 0) is 4.79 Å². The molecule has 0 aliphatic carbocycles. The van der Waals surface area contributed by atoms with E-state index in [1.165, 1.54) is 11.3 Å². The Morgan fingerprint density at radius 2 is 1.60 bits per heavy atom. The van der Waals surface area contributed by atoms with Crippen LogP contribution in [-0.4, -0.2) is 66.2 Å². The van der Waals surface area contributed by atoms with Gasteiger partial charge < -0.3 is 4.90 Å². The average Bonchev–Trinajstić information content (AvgIpc) is 3.26. The van der Waals surface area contributed by atoms with Gasteiger partial charge in [0, 0.05) is 6.54 Å². The topological polar surface area (TPSA) is 73.8 Å². The van der Waals surface area contributed by atoms with Crippen LogP contribution in [0.1, 0.15) is 27.1 Å². The van der Waals surface area contributed by atoms with E-state index in [2.05, 4.69) is 4.98 Å². The van der Waals surface area contributed by atoms with Crippen molar-refractivity contribution in [3.05, 3.63) is 59.7 Å². The maximum atomic E-state index is 13.2. The Morgan fingerprint density at radius 1 is 0.967 bits per heavy atom. The highest BCUT2D eigenvalue weighted by atomic mass is 32.1. The standard InChI is InChI=1S/C22H22N4O3S/c1-24(2)12-7-13-25(22-23-17-10-5-6-11-18(17)30-22)19(27)14-26-20(28)15-8-3-4-9-16(15)21(26)29/h3-6,8-11H,7,12-14H2,1-2H3. The van der Waals surface area contributed by atoms with E-state index in [0.717, 1.165) is 28.1 Å².